The van der Waals surface area contributed by atoms with E-state index >= 15 is 0 Å². The summed E-state index contributed by atoms with van der Waals surface area (Å²) in [5.74, 6) is 1.38. The second kappa shape index (κ2) is 8.46. The summed E-state index contributed by atoms with van der Waals surface area (Å²) in [6.45, 7) is 9.48. The first-order valence-corrected chi connectivity index (χ1v) is 7.25. The lowest BCUT2D eigenvalue weighted by atomic mass is 10.2. The molecule has 0 aliphatic carbocycles. The van der Waals surface area contributed by atoms with Gasteiger partial charge in [0.2, 0.25) is 5.91 Å². The molecule has 20 heavy (non-hydrogen) atoms. The van der Waals surface area contributed by atoms with Gasteiger partial charge in [-0.05, 0) is 31.9 Å². The molecule has 1 rings (SSSR count). The third kappa shape index (κ3) is 6.45. The van der Waals surface area contributed by atoms with Crippen LogP contribution >= 0.6 is 0 Å². The van der Waals surface area contributed by atoms with E-state index in [1.165, 1.54) is 0 Å². The lowest BCUT2D eigenvalue weighted by molar-refractivity contribution is -0.120. The number of anilines is 1. The van der Waals surface area contributed by atoms with Crippen LogP contribution < -0.4 is 15.4 Å². The topological polar surface area (TPSA) is 50.4 Å². The molecule has 0 saturated carbocycles. The summed E-state index contributed by atoms with van der Waals surface area (Å²) < 4.78 is 5.72. The minimum absolute atomic E-state index is 0.0773. The van der Waals surface area contributed by atoms with Crippen LogP contribution in [0.25, 0.3) is 0 Å². The van der Waals surface area contributed by atoms with E-state index < -0.39 is 0 Å². The first-order valence-electron chi connectivity index (χ1n) is 7.25. The van der Waals surface area contributed by atoms with Gasteiger partial charge in [-0.3, -0.25) is 4.79 Å². The molecule has 1 aromatic rings. The van der Waals surface area contributed by atoms with Crippen molar-refractivity contribution in [2.45, 2.75) is 40.2 Å². The molecule has 112 valence electrons. The summed E-state index contributed by atoms with van der Waals surface area (Å²) in [4.78, 5) is 11.6. The van der Waals surface area contributed by atoms with E-state index in [-0.39, 0.29) is 12.0 Å². The maximum Gasteiger partial charge on any atom is 0.221 e. The van der Waals surface area contributed by atoms with Crippen molar-refractivity contribution in [2.24, 2.45) is 5.92 Å². The van der Waals surface area contributed by atoms with Gasteiger partial charge in [0.1, 0.15) is 5.75 Å². The fraction of sp³-hybridized carbons (Fsp3) is 0.562. The van der Waals surface area contributed by atoms with E-state index in [2.05, 4.69) is 24.5 Å². The standard InChI is InChI=1S/C16H26N2O2/c1-12(2)11-18-16(19)9-10-17-14-7-5-6-8-15(14)20-13(3)4/h5-8,12-13,17H,9-11H2,1-4H3,(H,18,19). The van der Waals surface area contributed by atoms with E-state index in [1.54, 1.807) is 0 Å². The highest BCUT2D eigenvalue weighted by Crippen LogP contribution is 2.24. The van der Waals surface area contributed by atoms with Crippen molar-refractivity contribution in [3.63, 3.8) is 0 Å². The average Bonchev–Trinajstić information content (AvgIpc) is 2.38. The molecule has 0 bridgehead atoms. The van der Waals surface area contributed by atoms with Gasteiger partial charge in [-0.2, -0.15) is 0 Å². The number of carbonyl (C=O) groups is 1. The van der Waals surface area contributed by atoms with E-state index in [4.69, 9.17) is 4.74 Å². The molecule has 2 N–H and O–H groups in total. The molecule has 1 aromatic carbocycles. The smallest absolute Gasteiger partial charge is 0.221 e. The molecule has 0 aromatic heterocycles. The van der Waals surface area contributed by atoms with Crippen molar-refractivity contribution in [3.8, 4) is 5.75 Å². The van der Waals surface area contributed by atoms with Gasteiger partial charge in [-0.1, -0.05) is 26.0 Å². The van der Waals surface area contributed by atoms with Crippen LogP contribution in [0.15, 0.2) is 24.3 Å². The van der Waals surface area contributed by atoms with Gasteiger partial charge < -0.3 is 15.4 Å². The molecule has 0 fully saturated rings. The zero-order chi connectivity index (χ0) is 15.0. The molecule has 1 amide bonds. The van der Waals surface area contributed by atoms with Crippen molar-refractivity contribution >= 4 is 11.6 Å². The molecule has 0 aliphatic heterocycles. The summed E-state index contributed by atoms with van der Waals surface area (Å²) in [5, 5.41) is 6.16. The van der Waals surface area contributed by atoms with E-state index in [1.807, 2.05) is 38.1 Å². The van der Waals surface area contributed by atoms with Gasteiger partial charge >= 0.3 is 0 Å². The van der Waals surface area contributed by atoms with Gasteiger partial charge in [-0.25, -0.2) is 0 Å². The van der Waals surface area contributed by atoms with E-state index in [0.717, 1.165) is 18.0 Å². The van der Waals surface area contributed by atoms with Gasteiger partial charge in [0.25, 0.3) is 0 Å². The van der Waals surface area contributed by atoms with Crippen molar-refractivity contribution in [1.82, 2.24) is 5.32 Å². The van der Waals surface area contributed by atoms with E-state index in [0.29, 0.717) is 18.9 Å². The first-order chi connectivity index (χ1) is 9.49. The molecule has 0 aliphatic rings. The number of carbonyl (C=O) groups excluding carboxylic acids is 1. The van der Waals surface area contributed by atoms with Gasteiger partial charge in [0, 0.05) is 19.5 Å². The SMILES string of the molecule is CC(C)CNC(=O)CCNc1ccccc1OC(C)C. The average molecular weight is 278 g/mol. The van der Waals surface area contributed by atoms with Crippen LogP contribution in [0.1, 0.15) is 34.1 Å². The zero-order valence-electron chi connectivity index (χ0n) is 12.9. The Morgan fingerprint density at radius 3 is 2.55 bits per heavy atom. The van der Waals surface area contributed by atoms with Crippen LogP contribution in [0.4, 0.5) is 5.69 Å². The third-order valence-corrected chi connectivity index (χ3v) is 2.62. The van der Waals surface area contributed by atoms with E-state index in [9.17, 15) is 4.79 Å². The van der Waals surface area contributed by atoms with Crippen LogP contribution in [0.3, 0.4) is 0 Å². The summed E-state index contributed by atoms with van der Waals surface area (Å²) in [5.41, 5.74) is 0.929. The Kier molecular flexibility index (Phi) is 6.91. The predicted octanol–water partition coefficient (Wildman–Crippen LogP) is 3.05. The van der Waals surface area contributed by atoms with Crippen LogP contribution in [0.2, 0.25) is 0 Å². The fourth-order valence-electron chi connectivity index (χ4n) is 1.69. The summed E-state index contributed by atoms with van der Waals surface area (Å²) in [6, 6.07) is 7.79. The maximum absolute atomic E-state index is 11.6. The number of nitrogens with one attached hydrogen (secondary N) is 2. The summed E-state index contributed by atoms with van der Waals surface area (Å²) >= 11 is 0. The first kappa shape index (κ1) is 16.3. The summed E-state index contributed by atoms with van der Waals surface area (Å²) in [7, 11) is 0. The van der Waals surface area contributed by atoms with Gasteiger partial charge in [0.15, 0.2) is 0 Å². The van der Waals surface area contributed by atoms with Crippen LogP contribution in [0.5, 0.6) is 5.75 Å². The maximum atomic E-state index is 11.6. The zero-order valence-corrected chi connectivity index (χ0v) is 12.9. The third-order valence-electron chi connectivity index (χ3n) is 2.62. The molecule has 0 atom stereocenters. The fourth-order valence-corrected chi connectivity index (χ4v) is 1.69. The molecule has 4 heteroatoms. The number of amides is 1. The second-order valence-electron chi connectivity index (χ2n) is 5.54. The molecule has 0 unspecified atom stereocenters. The monoisotopic (exact) mass is 278 g/mol. The highest BCUT2D eigenvalue weighted by molar-refractivity contribution is 5.76. The van der Waals surface area contributed by atoms with Crippen LogP contribution in [-0.2, 0) is 4.79 Å². The molecular weight excluding hydrogens is 252 g/mol. The molecule has 4 nitrogen and oxygen atoms in total. The normalized spacial score (nSPS) is 10.7. The number of hydrogen-bond acceptors (Lipinski definition) is 3. The Labute approximate surface area is 121 Å². The minimum Gasteiger partial charge on any atom is -0.489 e. The predicted molar refractivity (Wildman–Crippen MR) is 83.2 cm³/mol. The van der Waals surface area contributed by atoms with Crippen molar-refractivity contribution in [3.05, 3.63) is 24.3 Å². The number of rotatable bonds is 8. The Balaban J connectivity index is 2.40. The Morgan fingerprint density at radius 1 is 1.20 bits per heavy atom. The van der Waals surface area contributed by atoms with Crippen molar-refractivity contribution < 1.29 is 9.53 Å². The number of benzene rings is 1. The number of hydrogen-bond donors (Lipinski definition) is 2. The largest absolute Gasteiger partial charge is 0.489 e. The quantitative estimate of drug-likeness (QED) is 0.768. The molecule has 0 heterocycles. The van der Waals surface area contributed by atoms with Gasteiger partial charge in [0.05, 0.1) is 11.8 Å². The lowest BCUT2D eigenvalue weighted by Gasteiger charge is -2.15. The van der Waals surface area contributed by atoms with Crippen LogP contribution in [-0.4, -0.2) is 25.1 Å². The van der Waals surface area contributed by atoms with Crippen molar-refractivity contribution in [1.29, 1.82) is 0 Å². The molecule has 0 radical (unpaired) electrons. The molecule has 0 spiro atoms. The van der Waals surface area contributed by atoms with Gasteiger partial charge in [-0.15, -0.1) is 0 Å². The number of para-hydroxylation sites is 2. The lowest BCUT2D eigenvalue weighted by Crippen LogP contribution is -2.28. The highest BCUT2D eigenvalue weighted by Gasteiger charge is 2.06. The highest BCUT2D eigenvalue weighted by atomic mass is 16.5. The second-order valence-corrected chi connectivity index (χ2v) is 5.54. The Morgan fingerprint density at radius 2 is 1.90 bits per heavy atom. The Bertz CT molecular complexity index is 417. The Hall–Kier alpha value is -1.71. The summed E-state index contributed by atoms with van der Waals surface area (Å²) in [6.07, 6.45) is 0.593. The minimum atomic E-state index is 0.0773. The molecule has 0 saturated heterocycles. The molecular formula is C16H26N2O2. The van der Waals surface area contributed by atoms with Crippen LogP contribution in [0, 0.1) is 5.92 Å². The van der Waals surface area contributed by atoms with Crippen molar-refractivity contribution in [2.75, 3.05) is 18.4 Å². The number of ether oxygens (including phenoxy) is 1.